The number of ether oxygens (including phenoxy) is 1. The molecule has 6 nitrogen and oxygen atoms in total. The van der Waals surface area contributed by atoms with Gasteiger partial charge in [0.2, 0.25) is 0 Å². The normalized spacial score (nSPS) is 15.0. The molecule has 0 atom stereocenters. The van der Waals surface area contributed by atoms with Crippen molar-refractivity contribution in [3.63, 3.8) is 0 Å². The van der Waals surface area contributed by atoms with Gasteiger partial charge in [0, 0.05) is 26.2 Å². The fraction of sp³-hybridized carbons (Fsp3) is 0.353. The van der Waals surface area contributed by atoms with E-state index < -0.39 is 18.0 Å². The highest BCUT2D eigenvalue weighted by molar-refractivity contribution is 5.68. The fourth-order valence-electron chi connectivity index (χ4n) is 2.57. The largest absolute Gasteiger partial charge is 0.445 e. The lowest BCUT2D eigenvalue weighted by Crippen LogP contribution is -2.49. The number of hydrogen-bond donors (Lipinski definition) is 0. The summed E-state index contributed by atoms with van der Waals surface area (Å²) in [6, 6.07) is 11.6. The maximum absolute atomic E-state index is 12.5. The van der Waals surface area contributed by atoms with Crippen molar-refractivity contribution >= 4 is 11.9 Å². The first-order valence-corrected chi connectivity index (χ1v) is 8.05. The molecule has 9 heteroatoms. The van der Waals surface area contributed by atoms with Crippen LogP contribution in [0.4, 0.5) is 23.8 Å². The Balaban J connectivity index is 1.50. The van der Waals surface area contributed by atoms with Gasteiger partial charge in [-0.05, 0) is 17.7 Å². The zero-order chi connectivity index (χ0) is 18.6. The highest BCUT2D eigenvalue weighted by atomic mass is 19.4. The molecule has 26 heavy (non-hydrogen) atoms. The zero-order valence-electron chi connectivity index (χ0n) is 13.8. The SMILES string of the molecule is O=C(OCc1ccccc1)N1CCN(c2ccc(C(F)(F)F)nn2)CC1. The van der Waals surface area contributed by atoms with Crippen LogP contribution in [0.15, 0.2) is 42.5 Å². The number of carbonyl (C=O) groups is 1. The number of alkyl halides is 3. The Morgan fingerprint density at radius 1 is 1.00 bits per heavy atom. The van der Waals surface area contributed by atoms with Crippen LogP contribution in [0.25, 0.3) is 0 Å². The summed E-state index contributed by atoms with van der Waals surface area (Å²) < 4.78 is 42.8. The summed E-state index contributed by atoms with van der Waals surface area (Å²) in [5.74, 6) is 0.357. The van der Waals surface area contributed by atoms with Gasteiger partial charge >= 0.3 is 12.3 Å². The van der Waals surface area contributed by atoms with Gasteiger partial charge in [-0.1, -0.05) is 30.3 Å². The summed E-state index contributed by atoms with van der Waals surface area (Å²) in [7, 11) is 0. The number of anilines is 1. The van der Waals surface area contributed by atoms with E-state index in [4.69, 9.17) is 4.74 Å². The summed E-state index contributed by atoms with van der Waals surface area (Å²) >= 11 is 0. The lowest BCUT2D eigenvalue weighted by molar-refractivity contribution is -0.141. The van der Waals surface area contributed by atoms with Crippen LogP contribution < -0.4 is 4.90 Å². The Morgan fingerprint density at radius 2 is 1.69 bits per heavy atom. The average Bonchev–Trinajstić information content (AvgIpc) is 2.66. The molecule has 0 radical (unpaired) electrons. The van der Waals surface area contributed by atoms with E-state index in [1.807, 2.05) is 30.3 Å². The van der Waals surface area contributed by atoms with E-state index in [1.165, 1.54) is 6.07 Å². The summed E-state index contributed by atoms with van der Waals surface area (Å²) in [5.41, 5.74) is -0.121. The number of benzene rings is 1. The molecule has 1 fully saturated rings. The topological polar surface area (TPSA) is 58.6 Å². The van der Waals surface area contributed by atoms with Gasteiger partial charge in [0.25, 0.3) is 0 Å². The Labute approximate surface area is 148 Å². The first-order chi connectivity index (χ1) is 12.4. The molecule has 1 aromatic carbocycles. The third-order valence-electron chi connectivity index (χ3n) is 4.01. The van der Waals surface area contributed by atoms with Gasteiger partial charge < -0.3 is 14.5 Å². The molecule has 0 N–H and O–H groups in total. The third kappa shape index (κ3) is 4.41. The predicted octanol–water partition coefficient (Wildman–Crippen LogP) is 2.95. The Hall–Kier alpha value is -2.84. The minimum atomic E-state index is -4.51. The van der Waals surface area contributed by atoms with Gasteiger partial charge in [-0.15, -0.1) is 10.2 Å². The van der Waals surface area contributed by atoms with Crippen molar-refractivity contribution in [3.8, 4) is 0 Å². The van der Waals surface area contributed by atoms with Crippen molar-refractivity contribution in [3.05, 3.63) is 53.7 Å². The molecule has 0 bridgehead atoms. The second kappa shape index (κ2) is 7.59. The van der Waals surface area contributed by atoms with Crippen molar-refractivity contribution in [2.75, 3.05) is 31.1 Å². The number of aromatic nitrogens is 2. The highest BCUT2D eigenvalue weighted by Gasteiger charge is 2.33. The van der Waals surface area contributed by atoms with Crippen molar-refractivity contribution in [2.45, 2.75) is 12.8 Å². The molecule has 0 unspecified atom stereocenters. The quantitative estimate of drug-likeness (QED) is 0.836. The maximum atomic E-state index is 12.5. The Kier molecular flexibility index (Phi) is 5.24. The summed E-state index contributed by atoms with van der Waals surface area (Å²) in [6.07, 6.45) is -4.92. The minimum absolute atomic E-state index is 0.199. The number of halogens is 3. The van der Waals surface area contributed by atoms with E-state index in [9.17, 15) is 18.0 Å². The molecule has 1 amide bonds. The van der Waals surface area contributed by atoms with E-state index in [-0.39, 0.29) is 6.61 Å². The minimum Gasteiger partial charge on any atom is -0.445 e. The van der Waals surface area contributed by atoms with Crippen molar-refractivity contribution in [1.29, 1.82) is 0 Å². The molecule has 2 heterocycles. The van der Waals surface area contributed by atoms with Crippen LogP contribution in [0.3, 0.4) is 0 Å². The Morgan fingerprint density at radius 3 is 2.27 bits per heavy atom. The number of rotatable bonds is 3. The predicted molar refractivity (Wildman–Crippen MR) is 87.4 cm³/mol. The van der Waals surface area contributed by atoms with Crippen LogP contribution in [0.1, 0.15) is 11.3 Å². The molecule has 0 saturated carbocycles. The van der Waals surface area contributed by atoms with Crippen LogP contribution in [-0.2, 0) is 17.5 Å². The molecule has 1 aliphatic heterocycles. The summed E-state index contributed by atoms with van der Waals surface area (Å²) in [4.78, 5) is 15.5. The van der Waals surface area contributed by atoms with Crippen LogP contribution in [0.2, 0.25) is 0 Å². The molecule has 2 aromatic rings. The van der Waals surface area contributed by atoms with Gasteiger partial charge in [0.1, 0.15) is 6.61 Å². The molecular formula is C17H17F3N4O2. The second-order valence-electron chi connectivity index (χ2n) is 5.79. The molecule has 3 rings (SSSR count). The van der Waals surface area contributed by atoms with Gasteiger partial charge in [0.05, 0.1) is 0 Å². The van der Waals surface area contributed by atoms with Gasteiger partial charge in [0.15, 0.2) is 11.5 Å². The van der Waals surface area contributed by atoms with E-state index in [2.05, 4.69) is 10.2 Å². The number of amides is 1. The lowest BCUT2D eigenvalue weighted by atomic mass is 10.2. The van der Waals surface area contributed by atoms with Crippen LogP contribution in [0.5, 0.6) is 0 Å². The number of hydrogen-bond acceptors (Lipinski definition) is 5. The molecule has 0 spiro atoms. The maximum Gasteiger partial charge on any atom is 0.435 e. The van der Waals surface area contributed by atoms with E-state index in [1.54, 1.807) is 9.80 Å². The van der Waals surface area contributed by atoms with Crippen molar-refractivity contribution in [1.82, 2.24) is 15.1 Å². The lowest BCUT2D eigenvalue weighted by Gasteiger charge is -2.34. The van der Waals surface area contributed by atoms with Crippen molar-refractivity contribution < 1.29 is 22.7 Å². The zero-order valence-corrected chi connectivity index (χ0v) is 13.8. The van der Waals surface area contributed by atoms with Crippen LogP contribution in [0, 0.1) is 0 Å². The average molecular weight is 366 g/mol. The van der Waals surface area contributed by atoms with Gasteiger partial charge in [-0.3, -0.25) is 0 Å². The van der Waals surface area contributed by atoms with E-state index >= 15 is 0 Å². The number of nitrogens with zero attached hydrogens (tertiary/aromatic N) is 4. The van der Waals surface area contributed by atoms with E-state index in [0.717, 1.165) is 11.6 Å². The van der Waals surface area contributed by atoms with Crippen LogP contribution >= 0.6 is 0 Å². The molecule has 138 valence electrons. The second-order valence-corrected chi connectivity index (χ2v) is 5.79. The first-order valence-electron chi connectivity index (χ1n) is 8.05. The molecule has 1 aliphatic rings. The number of carbonyl (C=O) groups excluding carboxylic acids is 1. The third-order valence-corrected chi connectivity index (χ3v) is 4.01. The first kappa shape index (κ1) is 18.0. The number of piperazine rings is 1. The standard InChI is InChI=1S/C17H17F3N4O2/c18-17(19,20)14-6-7-15(22-21-14)23-8-10-24(11-9-23)16(25)26-12-13-4-2-1-3-5-13/h1-7H,8-12H2. The molecule has 0 aliphatic carbocycles. The summed E-state index contributed by atoms with van der Waals surface area (Å²) in [6.45, 7) is 1.89. The summed E-state index contributed by atoms with van der Waals surface area (Å²) in [5, 5.41) is 6.86. The van der Waals surface area contributed by atoms with Crippen molar-refractivity contribution in [2.24, 2.45) is 0 Å². The smallest absolute Gasteiger partial charge is 0.435 e. The molecular weight excluding hydrogens is 349 g/mol. The van der Waals surface area contributed by atoms with Gasteiger partial charge in [-0.25, -0.2) is 4.79 Å². The Bertz CT molecular complexity index is 730. The highest BCUT2D eigenvalue weighted by Crippen LogP contribution is 2.27. The fourth-order valence-corrected chi connectivity index (χ4v) is 2.57. The van der Waals surface area contributed by atoms with Crippen LogP contribution in [-0.4, -0.2) is 47.4 Å². The monoisotopic (exact) mass is 366 g/mol. The van der Waals surface area contributed by atoms with Gasteiger partial charge in [-0.2, -0.15) is 13.2 Å². The molecule has 1 saturated heterocycles. The molecule has 1 aromatic heterocycles. The van der Waals surface area contributed by atoms with E-state index in [0.29, 0.717) is 32.0 Å².